The number of nitrogens with zero attached hydrogens (tertiary/aromatic N) is 5. The summed E-state index contributed by atoms with van der Waals surface area (Å²) in [5, 5.41) is 4.18. The number of imidazole rings is 1. The van der Waals surface area contributed by atoms with E-state index in [2.05, 4.69) is 32.2 Å². The normalized spacial score (nSPS) is 15.6. The number of thiazole rings is 1. The summed E-state index contributed by atoms with van der Waals surface area (Å²) in [6.07, 6.45) is 8.88. The Hall–Kier alpha value is -2.56. The molecule has 1 fully saturated rings. The molecule has 4 aromatic rings. The summed E-state index contributed by atoms with van der Waals surface area (Å²) in [4.78, 5) is 28.1. The molecule has 4 heterocycles. The van der Waals surface area contributed by atoms with E-state index < -0.39 is 0 Å². The first-order valence-electron chi connectivity index (χ1n) is 10.6. The van der Waals surface area contributed by atoms with Gasteiger partial charge < -0.3 is 10.2 Å². The number of carbonyl (C=O) groups is 1. The third kappa shape index (κ3) is 4.62. The fourth-order valence-electron chi connectivity index (χ4n) is 3.92. The Labute approximate surface area is 193 Å². The van der Waals surface area contributed by atoms with Gasteiger partial charge in [-0.3, -0.25) is 9.20 Å². The van der Waals surface area contributed by atoms with E-state index in [0.29, 0.717) is 33.7 Å². The molecule has 1 aliphatic rings. The van der Waals surface area contributed by atoms with Crippen LogP contribution < -0.4 is 5.32 Å². The fourth-order valence-corrected chi connectivity index (χ4v) is 5.81. The van der Waals surface area contributed by atoms with Crippen molar-refractivity contribution in [2.24, 2.45) is 5.92 Å². The SMILES string of the molecule is CN1CCC(CCC(=O)Nc2nc3cc(F)c(Sc4cnc5ncccn45)cc3s2)CC1. The molecule has 0 saturated carbocycles. The van der Waals surface area contributed by atoms with Gasteiger partial charge in [0.1, 0.15) is 10.8 Å². The number of benzene rings is 1. The highest BCUT2D eigenvalue weighted by molar-refractivity contribution is 7.99. The zero-order valence-electron chi connectivity index (χ0n) is 17.6. The number of fused-ring (bicyclic) bond motifs is 2. The Kier molecular flexibility index (Phi) is 6.07. The van der Waals surface area contributed by atoms with Gasteiger partial charge in [-0.05, 0) is 57.5 Å². The van der Waals surface area contributed by atoms with Crippen LogP contribution in [-0.4, -0.2) is 50.3 Å². The number of halogens is 1. The van der Waals surface area contributed by atoms with Gasteiger partial charge in [0.15, 0.2) is 5.13 Å². The molecule has 10 heteroatoms. The third-order valence-electron chi connectivity index (χ3n) is 5.78. The molecule has 1 amide bonds. The van der Waals surface area contributed by atoms with Crippen LogP contribution in [0.4, 0.5) is 9.52 Å². The van der Waals surface area contributed by atoms with Gasteiger partial charge in [0, 0.05) is 24.9 Å². The predicted molar refractivity (Wildman–Crippen MR) is 125 cm³/mol. The van der Waals surface area contributed by atoms with Crippen molar-refractivity contribution in [3.63, 3.8) is 0 Å². The molecule has 7 nitrogen and oxygen atoms in total. The summed E-state index contributed by atoms with van der Waals surface area (Å²) in [5.74, 6) is 0.790. The maximum absolute atomic E-state index is 14.7. The largest absolute Gasteiger partial charge is 0.306 e. The number of aromatic nitrogens is 4. The van der Waals surface area contributed by atoms with Gasteiger partial charge >= 0.3 is 0 Å². The topological polar surface area (TPSA) is 75.4 Å². The molecule has 1 aromatic carbocycles. The first kappa shape index (κ1) is 21.3. The molecule has 1 N–H and O–H groups in total. The van der Waals surface area contributed by atoms with E-state index in [4.69, 9.17) is 0 Å². The number of rotatable bonds is 6. The second kappa shape index (κ2) is 9.13. The Bertz CT molecular complexity index is 1260. The minimum atomic E-state index is -0.355. The number of carbonyl (C=O) groups excluding carboxylic acids is 1. The molecular weight excluding hydrogens is 447 g/mol. The lowest BCUT2D eigenvalue weighted by Crippen LogP contribution is -2.30. The van der Waals surface area contributed by atoms with Crippen LogP contribution in [0.2, 0.25) is 0 Å². The average Bonchev–Trinajstić information content (AvgIpc) is 3.37. The first-order valence-corrected chi connectivity index (χ1v) is 12.2. The number of likely N-dealkylation sites (tertiary alicyclic amines) is 1. The summed E-state index contributed by atoms with van der Waals surface area (Å²) in [5.41, 5.74) is 0.544. The first-order chi connectivity index (χ1) is 15.5. The van der Waals surface area contributed by atoms with Gasteiger partial charge in [-0.15, -0.1) is 0 Å². The van der Waals surface area contributed by atoms with Crippen LogP contribution in [0.5, 0.6) is 0 Å². The molecule has 0 bridgehead atoms. The lowest BCUT2D eigenvalue weighted by atomic mass is 9.92. The van der Waals surface area contributed by atoms with Crippen molar-refractivity contribution in [2.45, 2.75) is 35.6 Å². The Balaban J connectivity index is 1.26. The molecule has 3 aromatic heterocycles. The number of hydrogen-bond donors (Lipinski definition) is 1. The lowest BCUT2D eigenvalue weighted by molar-refractivity contribution is -0.116. The average molecular weight is 471 g/mol. The second-order valence-corrected chi connectivity index (χ2v) is 10.2. The number of anilines is 1. The maximum Gasteiger partial charge on any atom is 0.234 e. The van der Waals surface area contributed by atoms with Crippen LogP contribution in [0.1, 0.15) is 25.7 Å². The minimum absolute atomic E-state index is 0.0312. The van der Waals surface area contributed by atoms with Gasteiger partial charge in [-0.25, -0.2) is 19.3 Å². The highest BCUT2D eigenvalue weighted by Gasteiger charge is 2.18. The van der Waals surface area contributed by atoms with E-state index in [1.54, 1.807) is 18.5 Å². The molecule has 0 atom stereocenters. The van der Waals surface area contributed by atoms with Crippen LogP contribution in [0, 0.1) is 11.7 Å². The molecule has 5 rings (SSSR count). The Morgan fingerprint density at radius 3 is 3.00 bits per heavy atom. The molecular formula is C22H23FN6OS2. The van der Waals surface area contributed by atoms with Crippen molar-refractivity contribution in [3.8, 4) is 0 Å². The summed E-state index contributed by atoms with van der Waals surface area (Å²) in [6.45, 7) is 2.20. The fraction of sp³-hybridized carbons (Fsp3) is 0.364. The van der Waals surface area contributed by atoms with Crippen LogP contribution in [0.15, 0.2) is 46.7 Å². The summed E-state index contributed by atoms with van der Waals surface area (Å²) < 4.78 is 17.4. The quantitative estimate of drug-likeness (QED) is 0.441. The maximum atomic E-state index is 14.7. The number of piperidine rings is 1. The second-order valence-electron chi connectivity index (χ2n) is 8.09. The van der Waals surface area contributed by atoms with Gasteiger partial charge in [0.25, 0.3) is 0 Å². The van der Waals surface area contributed by atoms with Crippen molar-refractivity contribution in [1.29, 1.82) is 0 Å². The highest BCUT2D eigenvalue weighted by atomic mass is 32.2. The highest BCUT2D eigenvalue weighted by Crippen LogP contribution is 2.35. The Morgan fingerprint density at radius 2 is 2.16 bits per heavy atom. The van der Waals surface area contributed by atoms with Gasteiger partial charge in [-0.2, -0.15) is 0 Å². The summed E-state index contributed by atoms with van der Waals surface area (Å²) in [7, 11) is 2.14. The standard InChI is InChI=1S/C22H23FN6OS2/c1-28-9-5-14(6-10-28)3-4-19(30)27-22-26-16-11-15(23)17(12-18(16)32-22)31-20-13-25-21-24-7-2-8-29(20)21/h2,7-8,11-14H,3-6,9-10H2,1H3,(H,26,27,30). The Morgan fingerprint density at radius 1 is 1.31 bits per heavy atom. The van der Waals surface area contributed by atoms with Crippen molar-refractivity contribution in [3.05, 3.63) is 42.6 Å². The number of nitrogens with one attached hydrogen (secondary N) is 1. The molecule has 1 saturated heterocycles. The lowest BCUT2D eigenvalue weighted by Gasteiger charge is -2.28. The molecule has 0 spiro atoms. The van der Waals surface area contributed by atoms with Crippen LogP contribution in [-0.2, 0) is 4.79 Å². The van der Waals surface area contributed by atoms with E-state index in [1.165, 1.54) is 29.2 Å². The number of amides is 1. The number of hydrogen-bond acceptors (Lipinski definition) is 7. The zero-order chi connectivity index (χ0) is 22.1. The van der Waals surface area contributed by atoms with Gasteiger partial charge in [0.05, 0.1) is 21.3 Å². The van der Waals surface area contributed by atoms with E-state index in [1.807, 2.05) is 16.7 Å². The predicted octanol–water partition coefficient (Wildman–Crippen LogP) is 4.69. The van der Waals surface area contributed by atoms with Crippen molar-refractivity contribution in [1.82, 2.24) is 24.3 Å². The van der Waals surface area contributed by atoms with Crippen molar-refractivity contribution >= 4 is 50.1 Å². The summed E-state index contributed by atoms with van der Waals surface area (Å²) in [6, 6.07) is 5.00. The molecule has 32 heavy (non-hydrogen) atoms. The zero-order valence-corrected chi connectivity index (χ0v) is 19.3. The van der Waals surface area contributed by atoms with Crippen LogP contribution in [0.3, 0.4) is 0 Å². The minimum Gasteiger partial charge on any atom is -0.306 e. The molecule has 0 radical (unpaired) electrons. The van der Waals surface area contributed by atoms with Crippen LogP contribution >= 0.6 is 23.1 Å². The molecule has 1 aliphatic heterocycles. The smallest absolute Gasteiger partial charge is 0.234 e. The molecule has 166 valence electrons. The van der Waals surface area contributed by atoms with Crippen molar-refractivity contribution < 1.29 is 9.18 Å². The van der Waals surface area contributed by atoms with E-state index in [-0.39, 0.29) is 11.7 Å². The third-order valence-corrected chi connectivity index (χ3v) is 7.75. The van der Waals surface area contributed by atoms with E-state index in [0.717, 1.165) is 42.1 Å². The monoisotopic (exact) mass is 470 g/mol. The van der Waals surface area contributed by atoms with Gasteiger partial charge in [-0.1, -0.05) is 23.1 Å². The van der Waals surface area contributed by atoms with Gasteiger partial charge in [0.2, 0.25) is 11.7 Å². The molecule has 0 unspecified atom stereocenters. The summed E-state index contributed by atoms with van der Waals surface area (Å²) >= 11 is 2.65. The van der Waals surface area contributed by atoms with E-state index >= 15 is 0 Å². The van der Waals surface area contributed by atoms with Crippen molar-refractivity contribution in [2.75, 3.05) is 25.5 Å². The molecule has 0 aliphatic carbocycles. The van der Waals surface area contributed by atoms with Crippen LogP contribution in [0.25, 0.3) is 16.0 Å². The van der Waals surface area contributed by atoms with E-state index in [9.17, 15) is 9.18 Å².